The number of nitrogens with one attached hydrogen (secondary N) is 1. The van der Waals surface area contributed by atoms with E-state index >= 15 is 0 Å². The Kier molecular flexibility index (Phi) is 6.00. The Hall–Kier alpha value is -2.85. The van der Waals surface area contributed by atoms with Crippen LogP contribution in [-0.2, 0) is 0 Å². The summed E-state index contributed by atoms with van der Waals surface area (Å²) >= 11 is 0. The summed E-state index contributed by atoms with van der Waals surface area (Å²) in [4.78, 5) is 12.6. The third-order valence-corrected chi connectivity index (χ3v) is 4.78. The first-order chi connectivity index (χ1) is 13.3. The van der Waals surface area contributed by atoms with Crippen LogP contribution in [0.2, 0.25) is 0 Å². The van der Waals surface area contributed by atoms with Crippen molar-refractivity contribution >= 4 is 11.6 Å². The van der Waals surface area contributed by atoms with E-state index < -0.39 is 6.29 Å². The normalized spacial score (nSPS) is 17.6. The van der Waals surface area contributed by atoms with Crippen LogP contribution in [0, 0.1) is 11.3 Å². The van der Waals surface area contributed by atoms with Crippen molar-refractivity contribution in [3.05, 3.63) is 84.0 Å². The van der Waals surface area contributed by atoms with Gasteiger partial charge in [-0.05, 0) is 41.7 Å². The van der Waals surface area contributed by atoms with Crippen LogP contribution < -0.4 is 10.1 Å². The SMILES string of the molecule is CC(C)(C)C1=CCC(C(O)Oc2ccccc2C(=O)Nc2ccccc2)C=C1. The highest BCUT2D eigenvalue weighted by molar-refractivity contribution is 6.06. The van der Waals surface area contributed by atoms with Crippen molar-refractivity contribution in [2.45, 2.75) is 33.5 Å². The number of amides is 1. The summed E-state index contributed by atoms with van der Waals surface area (Å²) in [6.45, 7) is 6.49. The number of hydrogen-bond donors (Lipinski definition) is 2. The maximum Gasteiger partial charge on any atom is 0.259 e. The lowest BCUT2D eigenvalue weighted by molar-refractivity contribution is -0.0481. The van der Waals surface area contributed by atoms with Gasteiger partial charge in [-0.1, -0.05) is 69.3 Å². The van der Waals surface area contributed by atoms with Crippen LogP contribution in [-0.4, -0.2) is 17.3 Å². The smallest absolute Gasteiger partial charge is 0.259 e. The third-order valence-electron chi connectivity index (χ3n) is 4.78. The molecule has 0 aliphatic heterocycles. The lowest BCUT2D eigenvalue weighted by Gasteiger charge is -2.27. The first-order valence-corrected chi connectivity index (χ1v) is 9.53. The summed E-state index contributed by atoms with van der Waals surface area (Å²) in [6.07, 6.45) is 5.85. The summed E-state index contributed by atoms with van der Waals surface area (Å²) in [5.41, 5.74) is 2.42. The second-order valence-corrected chi connectivity index (χ2v) is 7.99. The number of aliphatic hydroxyl groups excluding tert-OH is 1. The van der Waals surface area contributed by atoms with E-state index in [1.54, 1.807) is 24.3 Å². The quantitative estimate of drug-likeness (QED) is 0.706. The van der Waals surface area contributed by atoms with Gasteiger partial charge in [0.15, 0.2) is 0 Å². The van der Waals surface area contributed by atoms with E-state index in [4.69, 9.17) is 4.74 Å². The molecule has 0 saturated heterocycles. The highest BCUT2D eigenvalue weighted by Gasteiger charge is 2.25. The fraction of sp³-hybridized carbons (Fsp3) is 0.292. The van der Waals surface area contributed by atoms with Gasteiger partial charge < -0.3 is 15.2 Å². The molecule has 1 aliphatic rings. The lowest BCUT2D eigenvalue weighted by atomic mass is 9.81. The number of anilines is 1. The van der Waals surface area contributed by atoms with E-state index in [2.05, 4.69) is 38.2 Å². The topological polar surface area (TPSA) is 58.6 Å². The fourth-order valence-electron chi connectivity index (χ4n) is 3.10. The molecule has 0 saturated carbocycles. The molecule has 3 rings (SSSR count). The zero-order valence-corrected chi connectivity index (χ0v) is 16.6. The maximum atomic E-state index is 12.6. The van der Waals surface area contributed by atoms with Gasteiger partial charge in [-0.3, -0.25) is 4.79 Å². The minimum Gasteiger partial charge on any atom is -0.464 e. The Morgan fingerprint density at radius 3 is 2.43 bits per heavy atom. The Balaban J connectivity index is 1.69. The minimum atomic E-state index is -1.03. The van der Waals surface area contributed by atoms with Gasteiger partial charge >= 0.3 is 0 Å². The zero-order chi connectivity index (χ0) is 20.1. The van der Waals surface area contributed by atoms with Crippen LogP contribution >= 0.6 is 0 Å². The molecule has 0 radical (unpaired) electrons. The molecule has 2 aromatic rings. The third kappa shape index (κ3) is 4.90. The fourth-order valence-corrected chi connectivity index (χ4v) is 3.10. The van der Waals surface area contributed by atoms with Crippen molar-refractivity contribution in [1.29, 1.82) is 0 Å². The van der Waals surface area contributed by atoms with Crippen LogP contribution in [0.15, 0.2) is 78.4 Å². The molecule has 2 atom stereocenters. The molecule has 0 aromatic heterocycles. The summed E-state index contributed by atoms with van der Waals surface area (Å²) < 4.78 is 5.78. The molecule has 28 heavy (non-hydrogen) atoms. The molecule has 0 spiro atoms. The first-order valence-electron chi connectivity index (χ1n) is 9.53. The molecule has 2 unspecified atom stereocenters. The zero-order valence-electron chi connectivity index (χ0n) is 16.6. The number of rotatable bonds is 5. The van der Waals surface area contributed by atoms with E-state index in [0.717, 1.165) is 0 Å². The van der Waals surface area contributed by atoms with E-state index in [1.807, 2.05) is 36.4 Å². The van der Waals surface area contributed by atoms with Crippen LogP contribution in [0.4, 0.5) is 5.69 Å². The number of carbonyl (C=O) groups is 1. The van der Waals surface area contributed by atoms with Gasteiger partial charge in [0.2, 0.25) is 6.29 Å². The molecule has 2 N–H and O–H groups in total. The number of ether oxygens (including phenoxy) is 1. The molecule has 4 heteroatoms. The second kappa shape index (κ2) is 8.44. The molecule has 1 amide bonds. The van der Waals surface area contributed by atoms with Gasteiger partial charge in [0.1, 0.15) is 5.75 Å². The monoisotopic (exact) mass is 377 g/mol. The predicted octanol–water partition coefficient (Wildman–Crippen LogP) is 5.18. The van der Waals surface area contributed by atoms with E-state index in [9.17, 15) is 9.90 Å². The molecule has 0 fully saturated rings. The van der Waals surface area contributed by atoms with E-state index in [1.165, 1.54) is 5.57 Å². The summed E-state index contributed by atoms with van der Waals surface area (Å²) in [6, 6.07) is 16.2. The largest absolute Gasteiger partial charge is 0.464 e. The van der Waals surface area contributed by atoms with Gasteiger partial charge in [0.05, 0.1) is 5.56 Å². The average Bonchev–Trinajstić information content (AvgIpc) is 2.68. The molecule has 2 aromatic carbocycles. The Morgan fingerprint density at radius 1 is 1.11 bits per heavy atom. The van der Waals surface area contributed by atoms with Gasteiger partial charge in [0.25, 0.3) is 5.91 Å². The van der Waals surface area contributed by atoms with E-state index in [0.29, 0.717) is 23.4 Å². The average molecular weight is 377 g/mol. The summed E-state index contributed by atoms with van der Waals surface area (Å²) in [5.74, 6) is -0.0677. The number of aliphatic hydroxyl groups is 1. The number of allylic oxidation sites excluding steroid dienone is 3. The van der Waals surface area contributed by atoms with Gasteiger partial charge in [-0.2, -0.15) is 0 Å². The van der Waals surface area contributed by atoms with Crippen molar-refractivity contribution in [1.82, 2.24) is 0 Å². The Labute approximate surface area is 166 Å². The molecule has 1 aliphatic carbocycles. The molecule has 4 nitrogen and oxygen atoms in total. The van der Waals surface area contributed by atoms with Crippen LogP contribution in [0.25, 0.3) is 0 Å². The standard InChI is InChI=1S/C24H27NO3/c1-24(2,3)18-15-13-17(14-16-18)23(27)28-21-12-8-7-11-20(21)22(26)25-19-9-5-4-6-10-19/h4-13,15-17,23,27H,14H2,1-3H3,(H,25,26). The number of carbonyl (C=O) groups excluding carboxylic acids is 1. The number of hydrogen-bond acceptors (Lipinski definition) is 3. The lowest BCUT2D eigenvalue weighted by Crippen LogP contribution is -2.27. The van der Waals surface area contributed by atoms with Crippen LogP contribution in [0.3, 0.4) is 0 Å². The number of para-hydroxylation sites is 2. The Morgan fingerprint density at radius 2 is 1.79 bits per heavy atom. The second-order valence-electron chi connectivity index (χ2n) is 7.99. The molecule has 0 bridgehead atoms. The Bertz CT molecular complexity index is 878. The predicted molar refractivity (Wildman–Crippen MR) is 112 cm³/mol. The highest BCUT2D eigenvalue weighted by Crippen LogP contribution is 2.32. The minimum absolute atomic E-state index is 0.0788. The molecular formula is C24H27NO3. The molecular weight excluding hydrogens is 350 g/mol. The van der Waals surface area contributed by atoms with E-state index in [-0.39, 0.29) is 17.2 Å². The van der Waals surface area contributed by atoms with Crippen LogP contribution in [0.5, 0.6) is 5.75 Å². The van der Waals surface area contributed by atoms with Crippen molar-refractivity contribution in [3.63, 3.8) is 0 Å². The van der Waals surface area contributed by atoms with Crippen LogP contribution in [0.1, 0.15) is 37.6 Å². The summed E-state index contributed by atoms with van der Waals surface area (Å²) in [7, 11) is 0. The van der Waals surface area contributed by atoms with Gasteiger partial charge in [-0.25, -0.2) is 0 Å². The van der Waals surface area contributed by atoms with Crippen molar-refractivity contribution in [2.24, 2.45) is 11.3 Å². The van der Waals surface area contributed by atoms with Crippen molar-refractivity contribution in [2.75, 3.05) is 5.32 Å². The van der Waals surface area contributed by atoms with Gasteiger partial charge in [0, 0.05) is 11.6 Å². The molecule has 0 heterocycles. The number of benzene rings is 2. The summed E-state index contributed by atoms with van der Waals surface area (Å²) in [5, 5.41) is 13.4. The first kappa shape index (κ1) is 19.9. The van der Waals surface area contributed by atoms with Crippen molar-refractivity contribution in [3.8, 4) is 5.75 Å². The maximum absolute atomic E-state index is 12.6. The van der Waals surface area contributed by atoms with Gasteiger partial charge in [-0.15, -0.1) is 0 Å². The highest BCUT2D eigenvalue weighted by atomic mass is 16.6. The van der Waals surface area contributed by atoms with Crippen molar-refractivity contribution < 1.29 is 14.6 Å². The molecule has 146 valence electrons.